The Morgan fingerprint density at radius 3 is 1.86 bits per heavy atom. The minimum absolute atomic E-state index is 0.923. The van der Waals surface area contributed by atoms with E-state index in [4.69, 9.17) is 5.21 Å². The molecule has 0 aromatic carbocycles. The highest BCUT2D eigenvalue weighted by atomic mass is 16.4. The summed E-state index contributed by atoms with van der Waals surface area (Å²) in [6.45, 7) is 2.25. The van der Waals surface area contributed by atoms with Crippen molar-refractivity contribution in [2.24, 2.45) is 5.16 Å². The fourth-order valence-electron chi connectivity index (χ4n) is 1.60. The van der Waals surface area contributed by atoms with Crippen molar-refractivity contribution in [3.63, 3.8) is 0 Å². The van der Waals surface area contributed by atoms with Gasteiger partial charge in [0.25, 0.3) is 0 Å². The Morgan fingerprint density at radius 1 is 0.857 bits per heavy atom. The predicted octanol–water partition coefficient (Wildman–Crippen LogP) is 4.37. The van der Waals surface area contributed by atoms with E-state index in [9.17, 15) is 0 Å². The largest absolute Gasteiger partial charge is 0.411 e. The molecule has 0 aliphatic heterocycles. The second-order valence-electron chi connectivity index (χ2n) is 3.92. The van der Waals surface area contributed by atoms with Gasteiger partial charge in [-0.2, -0.15) is 0 Å². The molecule has 0 rings (SSSR count). The smallest absolute Gasteiger partial charge is 0.0435 e. The second kappa shape index (κ2) is 12.5. The van der Waals surface area contributed by atoms with Gasteiger partial charge in [0.15, 0.2) is 0 Å². The van der Waals surface area contributed by atoms with Crippen LogP contribution in [0.4, 0.5) is 0 Å². The van der Waals surface area contributed by atoms with E-state index in [1.54, 1.807) is 6.21 Å². The van der Waals surface area contributed by atoms with Crippen molar-refractivity contribution in [3.05, 3.63) is 0 Å². The maximum Gasteiger partial charge on any atom is 0.0435 e. The lowest BCUT2D eigenvalue weighted by atomic mass is 10.1. The van der Waals surface area contributed by atoms with Crippen molar-refractivity contribution in [1.82, 2.24) is 0 Å². The van der Waals surface area contributed by atoms with Gasteiger partial charge < -0.3 is 5.21 Å². The highest BCUT2D eigenvalue weighted by Gasteiger charge is 1.91. The molecule has 0 spiro atoms. The second-order valence-corrected chi connectivity index (χ2v) is 3.92. The molecule has 84 valence electrons. The van der Waals surface area contributed by atoms with Crippen molar-refractivity contribution < 1.29 is 5.21 Å². The van der Waals surface area contributed by atoms with E-state index in [1.807, 2.05) is 0 Å². The maximum absolute atomic E-state index is 8.16. The van der Waals surface area contributed by atoms with Crippen molar-refractivity contribution in [1.29, 1.82) is 0 Å². The summed E-state index contributed by atoms with van der Waals surface area (Å²) >= 11 is 0. The topological polar surface area (TPSA) is 32.6 Å². The Labute approximate surface area is 88.4 Å². The molecule has 0 atom stereocenters. The van der Waals surface area contributed by atoms with Gasteiger partial charge in [-0.1, -0.05) is 58.3 Å². The zero-order valence-electron chi connectivity index (χ0n) is 9.54. The number of rotatable bonds is 10. The molecule has 0 fully saturated rings. The Morgan fingerprint density at radius 2 is 1.36 bits per heavy atom. The lowest BCUT2D eigenvalue weighted by Crippen LogP contribution is -1.82. The fourth-order valence-corrected chi connectivity index (χ4v) is 1.60. The highest BCUT2D eigenvalue weighted by molar-refractivity contribution is 5.55. The monoisotopic (exact) mass is 199 g/mol. The Hall–Kier alpha value is -0.530. The molecule has 1 N–H and O–H groups in total. The third-order valence-corrected chi connectivity index (χ3v) is 2.52. The standard InChI is InChI=1S/C12H25NO/c1-2-3-4-5-6-7-8-9-10-11-12-13-14/h12,14H,2-11H2,1H3. The molecule has 0 unspecified atom stereocenters. The van der Waals surface area contributed by atoms with Gasteiger partial charge in [-0.25, -0.2) is 0 Å². The molecule has 0 aromatic heterocycles. The molecule has 0 bridgehead atoms. The predicted molar refractivity (Wildman–Crippen MR) is 62.1 cm³/mol. The number of oxime groups is 1. The zero-order chi connectivity index (χ0) is 10.5. The van der Waals surface area contributed by atoms with Crippen molar-refractivity contribution in [3.8, 4) is 0 Å². The van der Waals surface area contributed by atoms with Crippen LogP contribution in [0.15, 0.2) is 5.16 Å². The maximum atomic E-state index is 8.16. The molecular weight excluding hydrogens is 174 g/mol. The fraction of sp³-hybridized carbons (Fsp3) is 0.917. The summed E-state index contributed by atoms with van der Waals surface area (Å²) < 4.78 is 0. The number of hydrogen-bond donors (Lipinski definition) is 1. The lowest BCUT2D eigenvalue weighted by molar-refractivity contribution is 0.320. The molecule has 0 aromatic rings. The minimum Gasteiger partial charge on any atom is -0.411 e. The van der Waals surface area contributed by atoms with Crippen LogP contribution in [0.3, 0.4) is 0 Å². The average molecular weight is 199 g/mol. The summed E-state index contributed by atoms with van der Waals surface area (Å²) in [5.74, 6) is 0. The SMILES string of the molecule is CCCCCCCCCCCC=NO. The molecule has 0 heterocycles. The van der Waals surface area contributed by atoms with E-state index in [1.165, 1.54) is 57.8 Å². The van der Waals surface area contributed by atoms with Gasteiger partial charge in [-0.15, -0.1) is 5.16 Å². The van der Waals surface area contributed by atoms with Gasteiger partial charge >= 0.3 is 0 Å². The Bertz CT molecular complexity index is 123. The minimum atomic E-state index is 0.923. The number of nitrogens with zero attached hydrogens (tertiary/aromatic N) is 1. The van der Waals surface area contributed by atoms with Crippen LogP contribution in [0.1, 0.15) is 71.1 Å². The van der Waals surface area contributed by atoms with E-state index in [-0.39, 0.29) is 0 Å². The van der Waals surface area contributed by atoms with Crippen LogP contribution in [0, 0.1) is 0 Å². The first kappa shape index (κ1) is 13.5. The lowest BCUT2D eigenvalue weighted by Gasteiger charge is -2.00. The van der Waals surface area contributed by atoms with Crippen LogP contribution < -0.4 is 0 Å². The zero-order valence-corrected chi connectivity index (χ0v) is 9.54. The quantitative estimate of drug-likeness (QED) is 0.241. The first-order chi connectivity index (χ1) is 6.91. The molecule has 14 heavy (non-hydrogen) atoms. The Kier molecular flexibility index (Phi) is 12.0. The molecule has 0 radical (unpaired) electrons. The molecule has 0 aliphatic carbocycles. The summed E-state index contributed by atoms with van der Waals surface area (Å²) in [5.41, 5.74) is 0. The highest BCUT2D eigenvalue weighted by Crippen LogP contribution is 2.09. The third kappa shape index (κ3) is 11.5. The van der Waals surface area contributed by atoms with Crippen LogP contribution in [-0.2, 0) is 0 Å². The summed E-state index contributed by atoms with van der Waals surface area (Å²) in [4.78, 5) is 0. The van der Waals surface area contributed by atoms with Crippen molar-refractivity contribution in [2.45, 2.75) is 71.1 Å². The molecule has 2 nitrogen and oxygen atoms in total. The first-order valence-electron chi connectivity index (χ1n) is 6.07. The van der Waals surface area contributed by atoms with E-state index in [0.717, 1.165) is 6.42 Å². The van der Waals surface area contributed by atoms with Crippen LogP contribution in [-0.4, -0.2) is 11.4 Å². The van der Waals surface area contributed by atoms with Crippen LogP contribution in [0.2, 0.25) is 0 Å². The van der Waals surface area contributed by atoms with Crippen molar-refractivity contribution in [2.75, 3.05) is 0 Å². The molecule has 0 aliphatic rings. The molecule has 0 saturated heterocycles. The number of hydrogen-bond acceptors (Lipinski definition) is 2. The van der Waals surface area contributed by atoms with Crippen LogP contribution in [0.5, 0.6) is 0 Å². The van der Waals surface area contributed by atoms with Gasteiger partial charge in [0.05, 0.1) is 0 Å². The molecule has 2 heteroatoms. The number of unbranched alkanes of at least 4 members (excludes halogenated alkanes) is 9. The first-order valence-corrected chi connectivity index (χ1v) is 6.07. The average Bonchev–Trinajstić information content (AvgIpc) is 2.21. The molecule has 0 saturated carbocycles. The van der Waals surface area contributed by atoms with Gasteiger partial charge in [0.2, 0.25) is 0 Å². The van der Waals surface area contributed by atoms with Gasteiger partial charge in [0.1, 0.15) is 0 Å². The molecular formula is C12H25NO. The van der Waals surface area contributed by atoms with E-state index in [0.29, 0.717) is 0 Å². The summed E-state index contributed by atoms with van der Waals surface area (Å²) in [7, 11) is 0. The van der Waals surface area contributed by atoms with E-state index < -0.39 is 0 Å². The van der Waals surface area contributed by atoms with Crippen LogP contribution in [0.25, 0.3) is 0 Å². The summed E-state index contributed by atoms with van der Waals surface area (Å²) in [6, 6.07) is 0. The van der Waals surface area contributed by atoms with Crippen LogP contribution >= 0.6 is 0 Å². The van der Waals surface area contributed by atoms with Gasteiger partial charge in [0, 0.05) is 6.21 Å². The van der Waals surface area contributed by atoms with E-state index in [2.05, 4.69) is 12.1 Å². The van der Waals surface area contributed by atoms with Gasteiger partial charge in [-0.05, 0) is 12.8 Å². The van der Waals surface area contributed by atoms with Gasteiger partial charge in [-0.3, -0.25) is 0 Å². The summed E-state index contributed by atoms with van der Waals surface area (Å²) in [6.07, 6.45) is 14.6. The van der Waals surface area contributed by atoms with E-state index >= 15 is 0 Å². The third-order valence-electron chi connectivity index (χ3n) is 2.52. The summed E-state index contributed by atoms with van der Waals surface area (Å²) in [5, 5.41) is 11.1. The molecule has 0 amide bonds. The Balaban J connectivity index is 2.85. The van der Waals surface area contributed by atoms with Crippen molar-refractivity contribution >= 4 is 6.21 Å². The normalized spacial score (nSPS) is 11.2.